The van der Waals surface area contributed by atoms with Gasteiger partial charge in [-0.3, -0.25) is 9.69 Å². The lowest BCUT2D eigenvalue weighted by Gasteiger charge is -2.32. The molecule has 2 atom stereocenters. The third-order valence-electron chi connectivity index (χ3n) is 4.49. The average molecular weight is 289 g/mol. The second-order valence-electron chi connectivity index (χ2n) is 5.79. The summed E-state index contributed by atoms with van der Waals surface area (Å²) in [6, 6.07) is 8.06. The molecular weight excluding hydrogens is 266 g/mol. The number of nitrogens with zero attached hydrogens (tertiary/aromatic N) is 1. The van der Waals surface area contributed by atoms with E-state index in [1.807, 2.05) is 18.2 Å². The third kappa shape index (κ3) is 3.27. The second-order valence-corrected chi connectivity index (χ2v) is 5.79. The fourth-order valence-electron chi connectivity index (χ4n) is 3.19. The van der Waals surface area contributed by atoms with Gasteiger partial charge in [-0.1, -0.05) is 25.1 Å². The minimum absolute atomic E-state index is 0.231. The van der Waals surface area contributed by atoms with Gasteiger partial charge in [-0.25, -0.2) is 0 Å². The Bertz CT molecular complexity index is 503. The average Bonchev–Trinajstić information content (AvgIpc) is 2.55. The molecule has 3 rings (SSSR count). The molecule has 0 saturated carbocycles. The Balaban J connectivity index is 1.65. The zero-order valence-electron chi connectivity index (χ0n) is 12.6. The van der Waals surface area contributed by atoms with Crippen molar-refractivity contribution >= 4 is 5.78 Å². The second kappa shape index (κ2) is 6.58. The molecule has 1 aromatic carbocycles. The summed E-state index contributed by atoms with van der Waals surface area (Å²) in [5.41, 5.74) is 1.17. The van der Waals surface area contributed by atoms with Crippen LogP contribution in [-0.4, -0.2) is 49.6 Å². The van der Waals surface area contributed by atoms with E-state index in [-0.39, 0.29) is 17.8 Å². The van der Waals surface area contributed by atoms with Gasteiger partial charge in [0.15, 0.2) is 5.78 Å². The molecule has 0 radical (unpaired) electrons. The van der Waals surface area contributed by atoms with Crippen LogP contribution in [0.15, 0.2) is 24.3 Å². The number of fused-ring (bicyclic) bond motifs is 1. The number of hydrogen-bond acceptors (Lipinski definition) is 4. The van der Waals surface area contributed by atoms with Crippen LogP contribution in [0, 0.1) is 0 Å². The van der Waals surface area contributed by atoms with Gasteiger partial charge in [-0.05, 0) is 30.5 Å². The summed E-state index contributed by atoms with van der Waals surface area (Å²) in [5.74, 6) is 1.43. The van der Waals surface area contributed by atoms with Gasteiger partial charge in [0.05, 0.1) is 13.2 Å². The van der Waals surface area contributed by atoms with Crippen LogP contribution in [0.1, 0.15) is 31.2 Å². The maximum atomic E-state index is 12.5. The molecule has 0 bridgehead atoms. The van der Waals surface area contributed by atoms with Crippen molar-refractivity contribution < 1.29 is 14.3 Å². The summed E-state index contributed by atoms with van der Waals surface area (Å²) in [7, 11) is 0. The predicted octanol–water partition coefficient (Wildman–Crippen LogP) is 2.23. The van der Waals surface area contributed by atoms with Gasteiger partial charge in [-0.15, -0.1) is 0 Å². The number of carbonyl (C=O) groups excluding carboxylic acids is 1. The van der Waals surface area contributed by atoms with Crippen LogP contribution in [0.2, 0.25) is 0 Å². The number of ether oxygens (including phenoxy) is 2. The molecule has 0 amide bonds. The van der Waals surface area contributed by atoms with Crippen molar-refractivity contribution in [3.8, 4) is 5.75 Å². The molecular formula is C17H23NO3. The fourth-order valence-corrected chi connectivity index (χ4v) is 3.19. The number of morpholine rings is 1. The number of carbonyl (C=O) groups is 1. The number of hydrogen-bond donors (Lipinski definition) is 0. The largest absolute Gasteiger partial charge is 0.493 e. The minimum atomic E-state index is -0.256. The van der Waals surface area contributed by atoms with E-state index >= 15 is 0 Å². The monoisotopic (exact) mass is 289 g/mol. The topological polar surface area (TPSA) is 38.8 Å². The standard InChI is InChI=1S/C17H23NO3/c1-2-18-8-10-21-17(12-18)15(19)11-13-7-9-20-16-6-4-3-5-14(13)16/h3-6,13,17H,2,7-12H2,1H3. The number of ketones is 1. The number of likely N-dealkylation sites (N-methyl/N-ethyl adjacent to an activating group) is 1. The molecule has 2 unspecified atom stereocenters. The predicted molar refractivity (Wildman–Crippen MR) is 80.8 cm³/mol. The summed E-state index contributed by atoms with van der Waals surface area (Å²) in [6.45, 7) is 6.13. The van der Waals surface area contributed by atoms with Crippen LogP contribution >= 0.6 is 0 Å². The maximum absolute atomic E-state index is 12.5. The number of benzene rings is 1. The highest BCUT2D eigenvalue weighted by atomic mass is 16.5. The first-order valence-corrected chi connectivity index (χ1v) is 7.86. The highest BCUT2D eigenvalue weighted by molar-refractivity contribution is 5.84. The molecule has 2 aliphatic rings. The van der Waals surface area contributed by atoms with Gasteiger partial charge in [0.2, 0.25) is 0 Å². The summed E-state index contributed by atoms with van der Waals surface area (Å²) in [5, 5.41) is 0. The smallest absolute Gasteiger partial charge is 0.163 e. The van der Waals surface area contributed by atoms with Crippen molar-refractivity contribution in [3.63, 3.8) is 0 Å². The van der Waals surface area contributed by atoms with E-state index in [4.69, 9.17) is 9.47 Å². The van der Waals surface area contributed by atoms with Crippen molar-refractivity contribution in [2.24, 2.45) is 0 Å². The Morgan fingerprint density at radius 3 is 3.05 bits per heavy atom. The van der Waals surface area contributed by atoms with E-state index in [0.29, 0.717) is 19.6 Å². The highest BCUT2D eigenvalue weighted by Crippen LogP contribution is 2.35. The normalized spacial score (nSPS) is 26.0. The molecule has 2 heterocycles. The van der Waals surface area contributed by atoms with Gasteiger partial charge in [0, 0.05) is 19.5 Å². The summed E-state index contributed by atoms with van der Waals surface area (Å²) < 4.78 is 11.3. The Hall–Kier alpha value is -1.39. The first-order valence-electron chi connectivity index (χ1n) is 7.86. The van der Waals surface area contributed by atoms with Crippen molar-refractivity contribution in [3.05, 3.63) is 29.8 Å². The molecule has 2 aliphatic heterocycles. The molecule has 4 nitrogen and oxygen atoms in total. The minimum Gasteiger partial charge on any atom is -0.493 e. The van der Waals surface area contributed by atoms with Crippen molar-refractivity contribution in [2.45, 2.75) is 31.8 Å². The van der Waals surface area contributed by atoms with E-state index in [9.17, 15) is 4.79 Å². The van der Waals surface area contributed by atoms with Gasteiger partial charge < -0.3 is 9.47 Å². The van der Waals surface area contributed by atoms with Crippen LogP contribution in [-0.2, 0) is 9.53 Å². The zero-order chi connectivity index (χ0) is 14.7. The molecule has 4 heteroatoms. The van der Waals surface area contributed by atoms with Gasteiger partial charge in [-0.2, -0.15) is 0 Å². The molecule has 0 aromatic heterocycles. The molecule has 0 N–H and O–H groups in total. The fraction of sp³-hybridized carbons (Fsp3) is 0.588. The van der Waals surface area contributed by atoms with E-state index in [1.165, 1.54) is 5.56 Å². The molecule has 1 fully saturated rings. The number of Topliss-reactive ketones (excluding diaryl/α,β-unsaturated/α-hetero) is 1. The molecule has 1 saturated heterocycles. The van der Waals surface area contributed by atoms with Crippen molar-refractivity contribution in [1.82, 2.24) is 4.90 Å². The Labute approximate surface area is 126 Å². The molecule has 21 heavy (non-hydrogen) atoms. The van der Waals surface area contributed by atoms with Crippen LogP contribution in [0.3, 0.4) is 0 Å². The van der Waals surface area contributed by atoms with Crippen LogP contribution < -0.4 is 4.74 Å². The Kier molecular flexibility index (Phi) is 4.56. The summed E-state index contributed by atoms with van der Waals surface area (Å²) in [4.78, 5) is 14.8. The quantitative estimate of drug-likeness (QED) is 0.852. The molecule has 1 aromatic rings. The first kappa shape index (κ1) is 14.5. The lowest BCUT2D eigenvalue weighted by Crippen LogP contribution is -2.46. The van der Waals surface area contributed by atoms with E-state index < -0.39 is 0 Å². The lowest BCUT2D eigenvalue weighted by atomic mass is 9.87. The van der Waals surface area contributed by atoms with Crippen molar-refractivity contribution in [1.29, 1.82) is 0 Å². The van der Waals surface area contributed by atoms with Crippen LogP contribution in [0.25, 0.3) is 0 Å². The Morgan fingerprint density at radius 1 is 1.33 bits per heavy atom. The summed E-state index contributed by atoms with van der Waals surface area (Å²) >= 11 is 0. The van der Waals surface area contributed by atoms with Crippen LogP contribution in [0.4, 0.5) is 0 Å². The van der Waals surface area contributed by atoms with E-state index in [1.54, 1.807) is 0 Å². The number of para-hydroxylation sites is 1. The van der Waals surface area contributed by atoms with E-state index in [2.05, 4.69) is 17.9 Å². The molecule has 0 spiro atoms. The molecule has 0 aliphatic carbocycles. The first-order chi connectivity index (χ1) is 10.3. The highest BCUT2D eigenvalue weighted by Gasteiger charge is 2.30. The van der Waals surface area contributed by atoms with Gasteiger partial charge >= 0.3 is 0 Å². The lowest BCUT2D eigenvalue weighted by molar-refractivity contribution is -0.136. The van der Waals surface area contributed by atoms with E-state index in [0.717, 1.165) is 31.8 Å². The van der Waals surface area contributed by atoms with Gasteiger partial charge in [0.25, 0.3) is 0 Å². The zero-order valence-corrected chi connectivity index (χ0v) is 12.6. The van der Waals surface area contributed by atoms with Crippen molar-refractivity contribution in [2.75, 3.05) is 32.8 Å². The SMILES string of the molecule is CCN1CCOC(C(=O)CC2CCOc3ccccc32)C1. The summed E-state index contributed by atoms with van der Waals surface area (Å²) in [6.07, 6.45) is 1.21. The number of rotatable bonds is 4. The van der Waals surface area contributed by atoms with Gasteiger partial charge in [0.1, 0.15) is 11.9 Å². The molecule has 114 valence electrons. The maximum Gasteiger partial charge on any atom is 0.163 e. The Morgan fingerprint density at radius 2 is 2.19 bits per heavy atom. The van der Waals surface area contributed by atoms with Crippen LogP contribution in [0.5, 0.6) is 5.75 Å². The third-order valence-corrected chi connectivity index (χ3v) is 4.49.